The maximum atomic E-state index is 10.1. The summed E-state index contributed by atoms with van der Waals surface area (Å²) >= 11 is 0. The van der Waals surface area contributed by atoms with Crippen LogP contribution in [0.2, 0.25) is 0 Å². The highest BCUT2D eigenvalue weighted by Gasteiger charge is 2.13. The Hall–Kier alpha value is -2.34. The van der Waals surface area contributed by atoms with Gasteiger partial charge in [0.2, 0.25) is 0 Å². The molecule has 2 aromatic rings. The third-order valence-corrected chi connectivity index (χ3v) is 4.92. The highest BCUT2D eigenvalue weighted by Crippen LogP contribution is 2.25. The third kappa shape index (κ3) is 6.09. The molecule has 0 aromatic heterocycles. The molecule has 0 bridgehead atoms. The van der Waals surface area contributed by atoms with Crippen LogP contribution in [0.15, 0.2) is 60.7 Å². The average molecular weight is 383 g/mol. The van der Waals surface area contributed by atoms with Crippen molar-refractivity contribution in [3.63, 3.8) is 0 Å². The van der Waals surface area contributed by atoms with Gasteiger partial charge in [0.15, 0.2) is 11.5 Å². The van der Waals surface area contributed by atoms with E-state index in [4.69, 9.17) is 9.47 Å². The lowest BCUT2D eigenvalue weighted by Crippen LogP contribution is -2.38. The van der Waals surface area contributed by atoms with Gasteiger partial charge in [-0.1, -0.05) is 48.5 Å². The van der Waals surface area contributed by atoms with E-state index in [1.807, 2.05) is 24.3 Å². The number of hydrogen-bond acceptors (Lipinski definition) is 5. The summed E-state index contributed by atoms with van der Waals surface area (Å²) < 4.78 is 10.9. The Bertz CT molecular complexity index is 749. The molecule has 1 aliphatic rings. The van der Waals surface area contributed by atoms with E-state index in [2.05, 4.69) is 46.6 Å². The summed E-state index contributed by atoms with van der Waals surface area (Å²) in [4.78, 5) is 2.43. The summed E-state index contributed by atoms with van der Waals surface area (Å²) in [5.74, 6) is 1.33. The molecule has 0 saturated heterocycles. The minimum atomic E-state index is -0.559. The first-order chi connectivity index (χ1) is 13.8. The molecule has 5 heteroatoms. The fraction of sp³-hybridized carbons (Fsp3) is 0.391. The lowest BCUT2D eigenvalue weighted by Gasteiger charge is -2.26. The van der Waals surface area contributed by atoms with Gasteiger partial charge in [-0.15, -0.1) is 0 Å². The molecule has 1 atom stereocenters. The molecule has 0 saturated carbocycles. The Morgan fingerprint density at radius 1 is 1.07 bits per heavy atom. The minimum Gasteiger partial charge on any atom is -0.493 e. The van der Waals surface area contributed by atoms with E-state index < -0.39 is 6.10 Å². The van der Waals surface area contributed by atoms with Crippen LogP contribution in [0, 0.1) is 0 Å². The van der Waals surface area contributed by atoms with Crippen molar-refractivity contribution in [2.75, 3.05) is 46.4 Å². The topological polar surface area (TPSA) is 54.0 Å². The zero-order valence-electron chi connectivity index (χ0n) is 16.5. The Balaban J connectivity index is 1.31. The van der Waals surface area contributed by atoms with Crippen molar-refractivity contribution in [1.29, 1.82) is 0 Å². The van der Waals surface area contributed by atoms with E-state index in [0.717, 1.165) is 32.6 Å². The summed E-state index contributed by atoms with van der Waals surface area (Å²) in [5.41, 5.74) is 2.77. The van der Waals surface area contributed by atoms with Crippen molar-refractivity contribution in [1.82, 2.24) is 10.2 Å². The first-order valence-electron chi connectivity index (χ1n) is 9.87. The van der Waals surface area contributed by atoms with Gasteiger partial charge in [0.05, 0.1) is 7.11 Å². The normalized spacial score (nSPS) is 15.7. The lowest BCUT2D eigenvalue weighted by molar-refractivity contribution is 0.104. The number of para-hydroxylation sites is 2. The predicted octanol–water partition coefficient (Wildman–Crippen LogP) is 2.81. The fourth-order valence-corrected chi connectivity index (χ4v) is 3.32. The molecular weight excluding hydrogens is 352 g/mol. The standard InChI is InChI=1S/C23H30N2O3/c1-27-22-9-5-6-10-23(22)28-18-21(26)17-24-13-16-25-14-11-20(12-15-25)19-7-3-2-4-8-19/h2-11,21,24,26H,12-18H2,1H3. The molecule has 1 heterocycles. The van der Waals surface area contributed by atoms with E-state index in [1.54, 1.807) is 7.11 Å². The summed E-state index contributed by atoms with van der Waals surface area (Å²) in [5, 5.41) is 13.4. The van der Waals surface area contributed by atoms with Crippen molar-refractivity contribution in [2.24, 2.45) is 0 Å². The molecule has 28 heavy (non-hydrogen) atoms. The zero-order chi connectivity index (χ0) is 19.6. The highest BCUT2D eigenvalue weighted by molar-refractivity contribution is 5.66. The van der Waals surface area contributed by atoms with Gasteiger partial charge in [0, 0.05) is 32.7 Å². The molecule has 5 nitrogen and oxygen atoms in total. The number of nitrogens with zero attached hydrogens (tertiary/aromatic N) is 1. The molecule has 1 aliphatic heterocycles. The van der Waals surface area contributed by atoms with Crippen LogP contribution in [0.4, 0.5) is 0 Å². The molecule has 0 spiro atoms. The number of methoxy groups -OCH3 is 1. The summed E-state index contributed by atoms with van der Waals surface area (Å²) in [6.07, 6.45) is 2.85. The molecule has 3 rings (SSSR count). The first-order valence-corrected chi connectivity index (χ1v) is 9.87. The van der Waals surface area contributed by atoms with E-state index in [9.17, 15) is 5.11 Å². The largest absolute Gasteiger partial charge is 0.493 e. The minimum absolute atomic E-state index is 0.236. The third-order valence-electron chi connectivity index (χ3n) is 4.92. The van der Waals surface area contributed by atoms with Crippen molar-refractivity contribution in [2.45, 2.75) is 12.5 Å². The molecule has 0 amide bonds. The number of aliphatic hydroxyl groups excluding tert-OH is 1. The van der Waals surface area contributed by atoms with Crippen LogP contribution in [0.3, 0.4) is 0 Å². The van der Waals surface area contributed by atoms with E-state index >= 15 is 0 Å². The number of ether oxygens (including phenoxy) is 2. The van der Waals surface area contributed by atoms with Crippen LogP contribution >= 0.6 is 0 Å². The summed E-state index contributed by atoms with van der Waals surface area (Å²) in [6, 6.07) is 18.1. The van der Waals surface area contributed by atoms with E-state index in [0.29, 0.717) is 18.0 Å². The second kappa shape index (κ2) is 10.9. The second-order valence-corrected chi connectivity index (χ2v) is 6.97. The van der Waals surface area contributed by atoms with Gasteiger partial charge < -0.3 is 19.9 Å². The summed E-state index contributed by atoms with van der Waals surface area (Å²) in [7, 11) is 1.61. The molecular formula is C23H30N2O3. The second-order valence-electron chi connectivity index (χ2n) is 6.97. The quantitative estimate of drug-likeness (QED) is 0.619. The van der Waals surface area contributed by atoms with Crippen LogP contribution in [-0.4, -0.2) is 62.6 Å². The Morgan fingerprint density at radius 2 is 1.82 bits per heavy atom. The number of rotatable bonds is 10. The molecule has 0 radical (unpaired) electrons. The van der Waals surface area contributed by atoms with E-state index in [1.165, 1.54) is 11.1 Å². The fourth-order valence-electron chi connectivity index (χ4n) is 3.32. The number of hydrogen-bond donors (Lipinski definition) is 2. The SMILES string of the molecule is COc1ccccc1OCC(O)CNCCN1CC=C(c2ccccc2)CC1. The summed E-state index contributed by atoms with van der Waals surface area (Å²) in [6.45, 7) is 4.61. The van der Waals surface area contributed by atoms with Gasteiger partial charge in [-0.05, 0) is 29.7 Å². The van der Waals surface area contributed by atoms with Crippen molar-refractivity contribution in [3.8, 4) is 11.5 Å². The molecule has 0 fully saturated rings. The van der Waals surface area contributed by atoms with Gasteiger partial charge in [0.25, 0.3) is 0 Å². The monoisotopic (exact) mass is 382 g/mol. The van der Waals surface area contributed by atoms with Crippen LogP contribution in [-0.2, 0) is 0 Å². The maximum absolute atomic E-state index is 10.1. The highest BCUT2D eigenvalue weighted by atomic mass is 16.5. The van der Waals surface area contributed by atoms with Crippen LogP contribution in [0.1, 0.15) is 12.0 Å². The van der Waals surface area contributed by atoms with Gasteiger partial charge >= 0.3 is 0 Å². The molecule has 150 valence electrons. The van der Waals surface area contributed by atoms with Gasteiger partial charge in [-0.2, -0.15) is 0 Å². The van der Waals surface area contributed by atoms with Gasteiger partial charge in [-0.25, -0.2) is 0 Å². The number of nitrogens with one attached hydrogen (secondary N) is 1. The lowest BCUT2D eigenvalue weighted by atomic mass is 10.00. The molecule has 2 aromatic carbocycles. The van der Waals surface area contributed by atoms with Crippen molar-refractivity contribution in [3.05, 3.63) is 66.2 Å². The average Bonchev–Trinajstić information content (AvgIpc) is 2.76. The van der Waals surface area contributed by atoms with Crippen molar-refractivity contribution >= 4 is 5.57 Å². The Kier molecular flexibility index (Phi) is 7.91. The maximum Gasteiger partial charge on any atom is 0.161 e. The predicted molar refractivity (Wildman–Crippen MR) is 113 cm³/mol. The Labute approximate surface area is 167 Å². The van der Waals surface area contributed by atoms with Gasteiger partial charge in [-0.3, -0.25) is 4.90 Å². The van der Waals surface area contributed by atoms with E-state index in [-0.39, 0.29) is 6.61 Å². The Morgan fingerprint density at radius 3 is 2.54 bits per heavy atom. The zero-order valence-corrected chi connectivity index (χ0v) is 16.5. The van der Waals surface area contributed by atoms with Crippen LogP contribution < -0.4 is 14.8 Å². The molecule has 0 aliphatic carbocycles. The van der Waals surface area contributed by atoms with Gasteiger partial charge in [0.1, 0.15) is 12.7 Å². The molecule has 2 N–H and O–H groups in total. The van der Waals surface area contributed by atoms with Crippen molar-refractivity contribution < 1.29 is 14.6 Å². The number of aliphatic hydroxyl groups is 1. The van der Waals surface area contributed by atoms with Crippen LogP contribution in [0.5, 0.6) is 11.5 Å². The van der Waals surface area contributed by atoms with Crippen LogP contribution in [0.25, 0.3) is 5.57 Å². The number of benzene rings is 2. The smallest absolute Gasteiger partial charge is 0.161 e. The molecule has 1 unspecified atom stereocenters. The first kappa shape index (κ1) is 20.4.